The van der Waals surface area contributed by atoms with E-state index in [2.05, 4.69) is 23.7 Å². The second-order valence-corrected chi connectivity index (χ2v) is 8.46. The van der Waals surface area contributed by atoms with Crippen molar-refractivity contribution >= 4 is 11.7 Å². The fourth-order valence-electron chi connectivity index (χ4n) is 3.75. The summed E-state index contributed by atoms with van der Waals surface area (Å²) in [5.74, 6) is 2.92. The summed E-state index contributed by atoms with van der Waals surface area (Å²) in [6.07, 6.45) is 0. The number of benzene rings is 2. The molecule has 0 atom stereocenters. The van der Waals surface area contributed by atoms with Crippen LogP contribution in [0, 0.1) is 6.92 Å². The van der Waals surface area contributed by atoms with Crippen molar-refractivity contribution in [2.24, 2.45) is 0 Å². The number of hydrogen-bond donors (Lipinski definition) is 0. The Morgan fingerprint density at radius 2 is 1.66 bits per heavy atom. The molecule has 0 saturated carbocycles. The molecule has 0 unspecified atom stereocenters. The Balaban J connectivity index is 1.33. The van der Waals surface area contributed by atoms with E-state index in [1.165, 1.54) is 0 Å². The van der Waals surface area contributed by atoms with Gasteiger partial charge in [0.05, 0.1) is 0 Å². The highest BCUT2D eigenvalue weighted by Gasteiger charge is 2.23. The standard InChI is InChI=1S/C26H30N4O2/c1-19(2)25-27-20(3)17-24(28-25)29-13-15-30(16-14-29)26(31)22-9-11-23(12-10-22)32-18-21-7-5-4-6-8-21/h4-12,17,19H,13-16,18H2,1-3H3. The first-order valence-corrected chi connectivity index (χ1v) is 11.2. The Morgan fingerprint density at radius 3 is 2.31 bits per heavy atom. The molecule has 166 valence electrons. The first-order chi connectivity index (χ1) is 15.5. The normalized spacial score (nSPS) is 14.0. The van der Waals surface area contributed by atoms with Crippen LogP contribution in [0.15, 0.2) is 60.7 Å². The summed E-state index contributed by atoms with van der Waals surface area (Å²) in [6.45, 7) is 9.59. The number of anilines is 1. The molecule has 0 radical (unpaired) electrons. The van der Waals surface area contributed by atoms with E-state index in [0.717, 1.165) is 41.7 Å². The number of aromatic nitrogens is 2. The summed E-state index contributed by atoms with van der Waals surface area (Å²) in [4.78, 5) is 26.4. The van der Waals surface area contributed by atoms with Crippen molar-refractivity contribution in [3.05, 3.63) is 83.3 Å². The van der Waals surface area contributed by atoms with Gasteiger partial charge in [0, 0.05) is 49.4 Å². The van der Waals surface area contributed by atoms with E-state index in [1.54, 1.807) is 0 Å². The fraction of sp³-hybridized carbons (Fsp3) is 0.346. The van der Waals surface area contributed by atoms with Gasteiger partial charge in [-0.3, -0.25) is 4.79 Å². The maximum atomic E-state index is 13.0. The molecule has 2 aromatic carbocycles. The van der Waals surface area contributed by atoms with Gasteiger partial charge in [-0.2, -0.15) is 0 Å². The van der Waals surface area contributed by atoms with Crippen LogP contribution in [-0.4, -0.2) is 47.0 Å². The monoisotopic (exact) mass is 430 g/mol. The van der Waals surface area contributed by atoms with Crippen LogP contribution >= 0.6 is 0 Å². The second-order valence-electron chi connectivity index (χ2n) is 8.46. The van der Waals surface area contributed by atoms with Crippen LogP contribution in [0.4, 0.5) is 5.82 Å². The third-order valence-electron chi connectivity index (χ3n) is 5.61. The average molecular weight is 431 g/mol. The van der Waals surface area contributed by atoms with Crippen molar-refractivity contribution in [3.8, 4) is 5.75 Å². The quantitative estimate of drug-likeness (QED) is 0.578. The predicted molar refractivity (Wildman–Crippen MR) is 126 cm³/mol. The summed E-state index contributed by atoms with van der Waals surface area (Å²) in [5.41, 5.74) is 2.78. The minimum absolute atomic E-state index is 0.0565. The lowest BCUT2D eigenvalue weighted by Crippen LogP contribution is -2.49. The Labute approximate surface area is 189 Å². The van der Waals surface area contributed by atoms with E-state index >= 15 is 0 Å². The molecule has 4 rings (SSSR count). The van der Waals surface area contributed by atoms with Crippen molar-refractivity contribution in [3.63, 3.8) is 0 Å². The lowest BCUT2D eigenvalue weighted by molar-refractivity contribution is 0.0746. The number of rotatable bonds is 6. The number of piperazine rings is 1. The third kappa shape index (κ3) is 5.25. The molecule has 1 fully saturated rings. The highest BCUT2D eigenvalue weighted by Crippen LogP contribution is 2.20. The van der Waals surface area contributed by atoms with E-state index in [0.29, 0.717) is 25.3 Å². The number of amides is 1. The predicted octanol–water partition coefficient (Wildman–Crippen LogP) is 4.45. The van der Waals surface area contributed by atoms with Gasteiger partial charge in [-0.15, -0.1) is 0 Å². The van der Waals surface area contributed by atoms with Gasteiger partial charge >= 0.3 is 0 Å². The lowest BCUT2D eigenvalue weighted by Gasteiger charge is -2.35. The smallest absolute Gasteiger partial charge is 0.253 e. The van der Waals surface area contributed by atoms with Crippen molar-refractivity contribution in [2.75, 3.05) is 31.1 Å². The van der Waals surface area contributed by atoms with E-state index in [4.69, 9.17) is 9.72 Å². The van der Waals surface area contributed by atoms with Crippen LogP contribution in [0.1, 0.15) is 47.2 Å². The summed E-state index contributed by atoms with van der Waals surface area (Å²) in [5, 5.41) is 0. The van der Waals surface area contributed by atoms with Gasteiger partial charge in [-0.1, -0.05) is 44.2 Å². The second kappa shape index (κ2) is 9.81. The Kier molecular flexibility index (Phi) is 6.69. The van der Waals surface area contributed by atoms with Gasteiger partial charge in [0.2, 0.25) is 0 Å². The van der Waals surface area contributed by atoms with Gasteiger partial charge in [-0.05, 0) is 36.8 Å². The minimum Gasteiger partial charge on any atom is -0.489 e. The number of carbonyl (C=O) groups is 1. The molecule has 1 aliphatic rings. The van der Waals surface area contributed by atoms with Crippen LogP contribution in [0.2, 0.25) is 0 Å². The average Bonchev–Trinajstić information content (AvgIpc) is 2.83. The minimum atomic E-state index is 0.0565. The first-order valence-electron chi connectivity index (χ1n) is 11.2. The van der Waals surface area contributed by atoms with Gasteiger partial charge < -0.3 is 14.5 Å². The maximum Gasteiger partial charge on any atom is 0.253 e. The van der Waals surface area contributed by atoms with Gasteiger partial charge in [0.1, 0.15) is 24.0 Å². The molecule has 6 nitrogen and oxygen atoms in total. The number of hydrogen-bond acceptors (Lipinski definition) is 5. The molecule has 1 aromatic heterocycles. The van der Waals surface area contributed by atoms with Crippen LogP contribution in [0.3, 0.4) is 0 Å². The largest absolute Gasteiger partial charge is 0.489 e. The van der Waals surface area contributed by atoms with Gasteiger partial charge in [0.25, 0.3) is 5.91 Å². The summed E-state index contributed by atoms with van der Waals surface area (Å²) in [7, 11) is 0. The molecule has 32 heavy (non-hydrogen) atoms. The lowest BCUT2D eigenvalue weighted by atomic mass is 10.1. The number of nitrogens with zero attached hydrogens (tertiary/aromatic N) is 4. The molecular formula is C26H30N4O2. The molecule has 0 spiro atoms. The molecule has 1 aliphatic heterocycles. The molecule has 3 aromatic rings. The molecule has 0 N–H and O–H groups in total. The zero-order chi connectivity index (χ0) is 22.5. The number of carbonyl (C=O) groups excluding carboxylic acids is 1. The fourth-order valence-corrected chi connectivity index (χ4v) is 3.75. The first kappa shape index (κ1) is 21.8. The van der Waals surface area contributed by atoms with Crippen LogP contribution in [0.5, 0.6) is 5.75 Å². The van der Waals surface area contributed by atoms with Crippen molar-refractivity contribution < 1.29 is 9.53 Å². The maximum absolute atomic E-state index is 13.0. The molecule has 1 amide bonds. The molecule has 0 aliphatic carbocycles. The number of ether oxygens (including phenoxy) is 1. The Bertz CT molecular complexity index is 1040. The van der Waals surface area contributed by atoms with Crippen LogP contribution < -0.4 is 9.64 Å². The number of aryl methyl sites for hydroxylation is 1. The third-order valence-corrected chi connectivity index (χ3v) is 5.61. The van der Waals surface area contributed by atoms with E-state index in [1.807, 2.05) is 72.5 Å². The van der Waals surface area contributed by atoms with Gasteiger partial charge in [-0.25, -0.2) is 9.97 Å². The summed E-state index contributed by atoms with van der Waals surface area (Å²) < 4.78 is 5.83. The zero-order valence-corrected chi connectivity index (χ0v) is 19.0. The Morgan fingerprint density at radius 1 is 0.969 bits per heavy atom. The zero-order valence-electron chi connectivity index (χ0n) is 19.0. The van der Waals surface area contributed by atoms with E-state index < -0.39 is 0 Å². The van der Waals surface area contributed by atoms with E-state index in [9.17, 15) is 4.79 Å². The topological polar surface area (TPSA) is 58.6 Å². The van der Waals surface area contributed by atoms with Crippen molar-refractivity contribution in [1.82, 2.24) is 14.9 Å². The summed E-state index contributed by atoms with van der Waals surface area (Å²) >= 11 is 0. The molecule has 6 heteroatoms. The van der Waals surface area contributed by atoms with Crippen molar-refractivity contribution in [1.29, 1.82) is 0 Å². The van der Waals surface area contributed by atoms with E-state index in [-0.39, 0.29) is 11.8 Å². The highest BCUT2D eigenvalue weighted by molar-refractivity contribution is 5.94. The van der Waals surface area contributed by atoms with Crippen LogP contribution in [-0.2, 0) is 6.61 Å². The SMILES string of the molecule is Cc1cc(N2CCN(C(=O)c3ccc(OCc4ccccc4)cc3)CC2)nc(C(C)C)n1. The molecule has 1 saturated heterocycles. The molecule has 0 bridgehead atoms. The van der Waals surface area contributed by atoms with Gasteiger partial charge in [0.15, 0.2) is 0 Å². The summed E-state index contributed by atoms with van der Waals surface area (Å²) in [6, 6.07) is 19.5. The highest BCUT2D eigenvalue weighted by atomic mass is 16.5. The van der Waals surface area contributed by atoms with Crippen LogP contribution in [0.25, 0.3) is 0 Å². The molecular weight excluding hydrogens is 400 g/mol. The Hall–Kier alpha value is -3.41. The molecule has 2 heterocycles. The van der Waals surface area contributed by atoms with Crippen molar-refractivity contribution in [2.45, 2.75) is 33.3 Å².